The third kappa shape index (κ3) is 4.97. The van der Waals surface area contributed by atoms with Crippen LogP contribution < -0.4 is 10.1 Å². The molecule has 0 unspecified atom stereocenters. The van der Waals surface area contributed by atoms with Crippen molar-refractivity contribution in [3.8, 4) is 5.75 Å². The quantitative estimate of drug-likeness (QED) is 0.709. The first-order valence-corrected chi connectivity index (χ1v) is 9.89. The van der Waals surface area contributed by atoms with Crippen molar-refractivity contribution in [3.63, 3.8) is 0 Å². The van der Waals surface area contributed by atoms with Crippen LogP contribution in [0.1, 0.15) is 31.9 Å². The lowest BCUT2D eigenvalue weighted by Gasteiger charge is -2.25. The molecule has 158 valence electrons. The number of carbonyl (C=O) groups is 3. The Hall–Kier alpha value is -3.35. The second-order valence-electron chi connectivity index (χ2n) is 7.33. The number of esters is 1. The number of rotatable bonds is 7. The number of hydrogen-bond donors (Lipinski definition) is 1. The van der Waals surface area contributed by atoms with Gasteiger partial charge in [0.2, 0.25) is 5.91 Å². The van der Waals surface area contributed by atoms with E-state index in [0.29, 0.717) is 11.4 Å². The number of carbonyl (C=O) groups excluding carboxylic acids is 3. The molecule has 7 heteroatoms. The summed E-state index contributed by atoms with van der Waals surface area (Å²) >= 11 is 0. The summed E-state index contributed by atoms with van der Waals surface area (Å²) in [6, 6.07) is 16.4. The monoisotopic (exact) mass is 410 g/mol. The highest BCUT2D eigenvalue weighted by Gasteiger charge is 2.38. The van der Waals surface area contributed by atoms with Gasteiger partial charge in [0.15, 0.2) is 6.10 Å². The van der Waals surface area contributed by atoms with Crippen molar-refractivity contribution in [2.45, 2.75) is 32.4 Å². The molecular formula is C23H26N2O5. The molecule has 3 atom stereocenters. The first-order valence-electron chi connectivity index (χ1n) is 9.89. The number of nitrogens with zero attached hydrogens (tertiary/aromatic N) is 1. The van der Waals surface area contributed by atoms with Crippen LogP contribution in [0.15, 0.2) is 54.6 Å². The predicted molar refractivity (Wildman–Crippen MR) is 112 cm³/mol. The predicted octanol–water partition coefficient (Wildman–Crippen LogP) is 3.18. The number of amides is 2. The molecule has 7 nitrogen and oxygen atoms in total. The Morgan fingerprint density at radius 2 is 1.73 bits per heavy atom. The van der Waals surface area contributed by atoms with Crippen LogP contribution in [0.2, 0.25) is 0 Å². The molecule has 1 N–H and O–H groups in total. The normalized spacial score (nSPS) is 17.9. The molecule has 1 fully saturated rings. The summed E-state index contributed by atoms with van der Waals surface area (Å²) in [6.45, 7) is 3.73. The molecule has 30 heavy (non-hydrogen) atoms. The van der Waals surface area contributed by atoms with Crippen LogP contribution in [0.4, 0.5) is 5.69 Å². The van der Waals surface area contributed by atoms with E-state index in [-0.39, 0.29) is 24.9 Å². The summed E-state index contributed by atoms with van der Waals surface area (Å²) in [5.41, 5.74) is 1.58. The molecule has 0 radical (unpaired) electrons. The highest BCUT2D eigenvalue weighted by molar-refractivity contribution is 5.95. The van der Waals surface area contributed by atoms with Crippen LogP contribution in [0.3, 0.4) is 0 Å². The lowest BCUT2D eigenvalue weighted by molar-refractivity contribution is -0.157. The highest BCUT2D eigenvalue weighted by Crippen LogP contribution is 2.29. The van der Waals surface area contributed by atoms with E-state index >= 15 is 0 Å². The third-order valence-corrected chi connectivity index (χ3v) is 5.26. The van der Waals surface area contributed by atoms with Gasteiger partial charge in [-0.3, -0.25) is 14.4 Å². The minimum absolute atomic E-state index is 0.0861. The van der Waals surface area contributed by atoms with Crippen molar-refractivity contribution < 1.29 is 23.9 Å². The van der Waals surface area contributed by atoms with E-state index in [1.807, 2.05) is 37.3 Å². The maximum Gasteiger partial charge on any atom is 0.312 e. The number of likely N-dealkylation sites (tertiary alicyclic amines) is 1. The average Bonchev–Trinajstić information content (AvgIpc) is 3.16. The lowest BCUT2D eigenvalue weighted by Crippen LogP contribution is -2.33. The van der Waals surface area contributed by atoms with Crippen LogP contribution in [-0.2, 0) is 19.1 Å². The SMILES string of the molecule is COc1ccc(NC(=O)[C@H](C)OC(=O)[C@@H]2CC(=O)N([C@H](C)c3ccccc3)C2)cc1. The summed E-state index contributed by atoms with van der Waals surface area (Å²) in [4.78, 5) is 39.0. The number of ether oxygens (including phenoxy) is 2. The summed E-state index contributed by atoms with van der Waals surface area (Å²) in [7, 11) is 1.56. The summed E-state index contributed by atoms with van der Waals surface area (Å²) in [6.07, 6.45) is -0.890. The topological polar surface area (TPSA) is 84.9 Å². The van der Waals surface area contributed by atoms with E-state index in [1.54, 1.807) is 36.3 Å². The van der Waals surface area contributed by atoms with Gasteiger partial charge in [0.25, 0.3) is 5.91 Å². The van der Waals surface area contributed by atoms with Crippen molar-refractivity contribution in [2.75, 3.05) is 19.0 Å². The van der Waals surface area contributed by atoms with Crippen molar-refractivity contribution >= 4 is 23.5 Å². The molecular weight excluding hydrogens is 384 g/mol. The number of benzene rings is 2. The van der Waals surface area contributed by atoms with Crippen LogP contribution in [0, 0.1) is 5.92 Å². The van der Waals surface area contributed by atoms with Gasteiger partial charge < -0.3 is 19.7 Å². The minimum Gasteiger partial charge on any atom is -0.497 e. The van der Waals surface area contributed by atoms with Crippen LogP contribution in [0.25, 0.3) is 0 Å². The zero-order chi connectivity index (χ0) is 21.7. The molecule has 1 aliphatic heterocycles. The second-order valence-corrected chi connectivity index (χ2v) is 7.33. The van der Waals surface area contributed by atoms with Crippen LogP contribution in [0.5, 0.6) is 5.75 Å². The highest BCUT2D eigenvalue weighted by atomic mass is 16.5. The van der Waals surface area contributed by atoms with Gasteiger partial charge in [-0.2, -0.15) is 0 Å². The van der Waals surface area contributed by atoms with Gasteiger partial charge in [-0.15, -0.1) is 0 Å². The Morgan fingerprint density at radius 1 is 1.07 bits per heavy atom. The molecule has 3 rings (SSSR count). The van der Waals surface area contributed by atoms with Gasteiger partial charge >= 0.3 is 5.97 Å². The summed E-state index contributed by atoms with van der Waals surface area (Å²) in [5.74, 6) is -0.980. The third-order valence-electron chi connectivity index (χ3n) is 5.26. The van der Waals surface area contributed by atoms with Gasteiger partial charge in [0, 0.05) is 18.7 Å². The maximum absolute atomic E-state index is 12.5. The Bertz CT molecular complexity index is 898. The first kappa shape index (κ1) is 21.4. The Labute approximate surface area is 176 Å². The minimum atomic E-state index is -0.977. The van der Waals surface area contributed by atoms with E-state index in [1.165, 1.54) is 6.92 Å². The molecule has 1 heterocycles. The molecule has 0 saturated carbocycles. The lowest BCUT2D eigenvalue weighted by atomic mass is 10.1. The fourth-order valence-corrected chi connectivity index (χ4v) is 3.42. The second kappa shape index (κ2) is 9.43. The maximum atomic E-state index is 12.5. The van der Waals surface area contributed by atoms with Gasteiger partial charge in [-0.25, -0.2) is 0 Å². The van der Waals surface area contributed by atoms with Crippen LogP contribution in [-0.4, -0.2) is 42.4 Å². The van der Waals surface area contributed by atoms with E-state index in [9.17, 15) is 14.4 Å². The number of hydrogen-bond acceptors (Lipinski definition) is 5. The molecule has 1 saturated heterocycles. The molecule has 2 aromatic carbocycles. The smallest absolute Gasteiger partial charge is 0.312 e. The first-order chi connectivity index (χ1) is 14.4. The molecule has 0 aliphatic carbocycles. The van der Waals surface area contributed by atoms with Gasteiger partial charge in [-0.05, 0) is 43.7 Å². The van der Waals surface area contributed by atoms with Crippen molar-refractivity contribution in [1.82, 2.24) is 4.90 Å². The van der Waals surface area contributed by atoms with Gasteiger partial charge in [0.05, 0.1) is 19.1 Å². The van der Waals surface area contributed by atoms with Crippen molar-refractivity contribution in [3.05, 3.63) is 60.2 Å². The molecule has 2 aromatic rings. The summed E-state index contributed by atoms with van der Waals surface area (Å²) in [5, 5.41) is 2.70. The molecule has 2 amide bonds. The Balaban J connectivity index is 1.54. The zero-order valence-corrected chi connectivity index (χ0v) is 17.3. The number of nitrogens with one attached hydrogen (secondary N) is 1. The van der Waals surface area contributed by atoms with Crippen molar-refractivity contribution in [2.24, 2.45) is 5.92 Å². The van der Waals surface area contributed by atoms with Crippen molar-refractivity contribution in [1.29, 1.82) is 0 Å². The Kier molecular flexibility index (Phi) is 6.72. The fraction of sp³-hybridized carbons (Fsp3) is 0.348. The molecule has 0 spiro atoms. The Morgan fingerprint density at radius 3 is 2.37 bits per heavy atom. The number of methoxy groups -OCH3 is 1. The van der Waals surface area contributed by atoms with E-state index in [4.69, 9.17) is 9.47 Å². The van der Waals surface area contributed by atoms with E-state index in [2.05, 4.69) is 5.32 Å². The standard InChI is InChI=1S/C23H26N2O5/c1-15(17-7-5-4-6-8-17)25-14-18(13-21(25)26)23(28)30-16(2)22(27)24-19-9-11-20(29-3)12-10-19/h4-12,15-16,18H,13-14H2,1-3H3,(H,24,27)/t15-,16+,18-/m1/s1. The summed E-state index contributed by atoms with van der Waals surface area (Å²) < 4.78 is 10.4. The molecule has 0 aromatic heterocycles. The van der Waals surface area contributed by atoms with Gasteiger partial charge in [0.1, 0.15) is 5.75 Å². The van der Waals surface area contributed by atoms with Gasteiger partial charge in [-0.1, -0.05) is 30.3 Å². The fourth-order valence-electron chi connectivity index (χ4n) is 3.42. The van der Waals surface area contributed by atoms with E-state index < -0.39 is 23.9 Å². The average molecular weight is 410 g/mol. The van der Waals surface area contributed by atoms with E-state index in [0.717, 1.165) is 5.56 Å². The largest absolute Gasteiger partial charge is 0.497 e. The zero-order valence-electron chi connectivity index (χ0n) is 17.3. The molecule has 1 aliphatic rings. The number of anilines is 1. The van der Waals surface area contributed by atoms with Crippen LogP contribution >= 0.6 is 0 Å². The molecule has 0 bridgehead atoms.